The molecule has 0 fully saturated rings. The molecule has 0 N–H and O–H groups in total. The van der Waals surface area contributed by atoms with Gasteiger partial charge in [0, 0.05) is 44.3 Å². The van der Waals surface area contributed by atoms with Crippen molar-refractivity contribution in [1.82, 2.24) is 19.5 Å². The van der Waals surface area contributed by atoms with E-state index in [4.69, 9.17) is 19.7 Å². The van der Waals surface area contributed by atoms with Gasteiger partial charge in [-0.1, -0.05) is 170 Å². The zero-order valence-electron chi connectivity index (χ0n) is 30.7. The van der Waals surface area contributed by atoms with Crippen molar-refractivity contribution in [3.8, 4) is 62.5 Å². The van der Waals surface area contributed by atoms with E-state index < -0.39 is 5.41 Å². The van der Waals surface area contributed by atoms with Crippen LogP contribution in [0.2, 0.25) is 0 Å². The molecule has 5 nitrogen and oxygen atoms in total. The van der Waals surface area contributed by atoms with Gasteiger partial charge < -0.3 is 9.30 Å². The van der Waals surface area contributed by atoms with Crippen LogP contribution in [0.25, 0.3) is 72.8 Å². The fourth-order valence-electron chi connectivity index (χ4n) is 9.35. The summed E-state index contributed by atoms with van der Waals surface area (Å²) in [5.74, 6) is 3.59. The second kappa shape index (κ2) is 12.2. The summed E-state index contributed by atoms with van der Waals surface area (Å²) in [7, 11) is 0. The van der Waals surface area contributed by atoms with Gasteiger partial charge in [0.1, 0.15) is 5.75 Å². The third-order valence-corrected chi connectivity index (χ3v) is 11.7. The predicted octanol–water partition coefficient (Wildman–Crippen LogP) is 12.4. The molecule has 0 unspecified atom stereocenters. The third-order valence-electron chi connectivity index (χ3n) is 11.7. The first-order chi connectivity index (χ1) is 28.3. The van der Waals surface area contributed by atoms with Crippen molar-refractivity contribution in [1.29, 1.82) is 0 Å². The molecule has 2 aromatic heterocycles. The minimum atomic E-state index is -0.568. The highest BCUT2D eigenvalue weighted by molar-refractivity contribution is 6.12. The van der Waals surface area contributed by atoms with Crippen LogP contribution in [0, 0.1) is 0 Å². The van der Waals surface area contributed by atoms with Crippen molar-refractivity contribution in [3.05, 3.63) is 216 Å². The van der Waals surface area contributed by atoms with Crippen LogP contribution in [0.1, 0.15) is 22.3 Å². The van der Waals surface area contributed by atoms with Gasteiger partial charge in [-0.25, -0.2) is 15.0 Å². The summed E-state index contributed by atoms with van der Waals surface area (Å²) in [5.41, 5.74) is 12.6. The summed E-state index contributed by atoms with van der Waals surface area (Å²) >= 11 is 0. The van der Waals surface area contributed by atoms with E-state index in [1.807, 2.05) is 60.7 Å². The fourth-order valence-corrected chi connectivity index (χ4v) is 9.35. The van der Waals surface area contributed by atoms with Gasteiger partial charge in [-0.15, -0.1) is 0 Å². The van der Waals surface area contributed by atoms with E-state index in [1.165, 1.54) is 22.3 Å². The van der Waals surface area contributed by atoms with Crippen LogP contribution in [-0.4, -0.2) is 19.5 Å². The average Bonchev–Trinajstić information content (AvgIpc) is 3.78. The molecule has 0 atom stereocenters. The Labute approximate surface area is 329 Å². The Morgan fingerprint density at radius 3 is 1.63 bits per heavy atom. The van der Waals surface area contributed by atoms with Crippen molar-refractivity contribution < 1.29 is 4.74 Å². The fraction of sp³-hybridized carbons (Fsp3) is 0.0192. The lowest BCUT2D eigenvalue weighted by Gasteiger charge is -2.39. The molecule has 5 heteroatoms. The van der Waals surface area contributed by atoms with Gasteiger partial charge in [-0.05, 0) is 46.5 Å². The molecule has 10 aromatic rings. The average molecular weight is 729 g/mol. The van der Waals surface area contributed by atoms with Gasteiger partial charge in [0.05, 0.1) is 16.4 Å². The van der Waals surface area contributed by atoms with Gasteiger partial charge in [0.25, 0.3) is 0 Å². The molecular formula is C52H32N4O. The van der Waals surface area contributed by atoms with Crippen LogP contribution in [-0.2, 0) is 5.41 Å². The monoisotopic (exact) mass is 728 g/mol. The molecule has 12 rings (SSSR count). The summed E-state index contributed by atoms with van der Waals surface area (Å²) in [4.78, 5) is 15.1. The third kappa shape index (κ3) is 4.54. The highest BCUT2D eigenvalue weighted by atomic mass is 16.5. The Kier molecular flexibility index (Phi) is 6.78. The van der Waals surface area contributed by atoms with Crippen LogP contribution in [0.5, 0.6) is 11.5 Å². The Hall–Kier alpha value is -7.63. The lowest BCUT2D eigenvalue weighted by Crippen LogP contribution is -2.32. The number of ether oxygens (including phenoxy) is 1. The van der Waals surface area contributed by atoms with Crippen molar-refractivity contribution in [2.24, 2.45) is 0 Å². The molecule has 1 spiro atoms. The molecule has 0 saturated heterocycles. The zero-order valence-corrected chi connectivity index (χ0v) is 30.7. The highest BCUT2D eigenvalue weighted by Gasteiger charge is 2.51. The Morgan fingerprint density at radius 2 is 0.947 bits per heavy atom. The van der Waals surface area contributed by atoms with E-state index in [0.29, 0.717) is 17.5 Å². The predicted molar refractivity (Wildman–Crippen MR) is 228 cm³/mol. The molecule has 8 aromatic carbocycles. The van der Waals surface area contributed by atoms with Gasteiger partial charge in [-0.3, -0.25) is 0 Å². The Balaban J connectivity index is 1.13. The van der Waals surface area contributed by atoms with Crippen molar-refractivity contribution in [2.45, 2.75) is 5.41 Å². The van der Waals surface area contributed by atoms with Crippen molar-refractivity contribution in [2.75, 3.05) is 0 Å². The van der Waals surface area contributed by atoms with Gasteiger partial charge in [0.2, 0.25) is 0 Å². The molecule has 2 aliphatic rings. The first kappa shape index (κ1) is 31.7. The summed E-state index contributed by atoms with van der Waals surface area (Å²) in [6.45, 7) is 0. The van der Waals surface area contributed by atoms with Crippen molar-refractivity contribution >= 4 is 21.8 Å². The first-order valence-corrected chi connectivity index (χ1v) is 19.3. The van der Waals surface area contributed by atoms with E-state index in [0.717, 1.165) is 66.8 Å². The number of hydrogen-bond donors (Lipinski definition) is 0. The second-order valence-electron chi connectivity index (χ2n) is 14.7. The standard InChI is InChI=1S/C52H32N4O/c1-3-16-33(17-4-1)49-53-50(34-18-5-2-6-19-34)55-51(54-49)35-20-15-21-36(32-35)56-45-28-13-9-24-39(45)40-30-31-44-48(47(40)56)57-46-29-14-12-27-43(46)52(44)41-25-10-7-22-37(41)38-23-8-11-26-42(38)52/h1-32H. The van der Waals surface area contributed by atoms with E-state index >= 15 is 0 Å². The number of hydrogen-bond acceptors (Lipinski definition) is 4. The molecule has 1 aliphatic carbocycles. The first-order valence-electron chi connectivity index (χ1n) is 19.3. The summed E-state index contributed by atoms with van der Waals surface area (Å²) in [5, 5.41) is 2.28. The summed E-state index contributed by atoms with van der Waals surface area (Å²) in [6, 6.07) is 68.3. The summed E-state index contributed by atoms with van der Waals surface area (Å²) < 4.78 is 9.55. The molecule has 0 radical (unpaired) electrons. The normalized spacial score (nSPS) is 13.2. The number of fused-ring (bicyclic) bond motifs is 13. The van der Waals surface area contributed by atoms with Crippen LogP contribution < -0.4 is 4.74 Å². The maximum atomic E-state index is 7.19. The summed E-state index contributed by atoms with van der Waals surface area (Å²) in [6.07, 6.45) is 0. The molecule has 57 heavy (non-hydrogen) atoms. The molecular weight excluding hydrogens is 697 g/mol. The molecule has 1 aliphatic heterocycles. The topological polar surface area (TPSA) is 52.8 Å². The number of para-hydroxylation sites is 2. The number of benzene rings is 8. The Bertz CT molecular complexity index is 3120. The molecule has 266 valence electrons. The quantitative estimate of drug-likeness (QED) is 0.181. The lowest BCUT2D eigenvalue weighted by molar-refractivity contribution is 0.440. The van der Waals surface area contributed by atoms with Crippen molar-refractivity contribution in [3.63, 3.8) is 0 Å². The van der Waals surface area contributed by atoms with E-state index in [2.05, 4.69) is 138 Å². The van der Waals surface area contributed by atoms with Gasteiger partial charge >= 0.3 is 0 Å². The van der Waals surface area contributed by atoms with Gasteiger partial charge in [-0.2, -0.15) is 0 Å². The number of nitrogens with zero attached hydrogens (tertiary/aromatic N) is 4. The van der Waals surface area contributed by atoms with Crippen LogP contribution in [0.4, 0.5) is 0 Å². The van der Waals surface area contributed by atoms with Crippen LogP contribution >= 0.6 is 0 Å². The minimum Gasteiger partial charge on any atom is -0.454 e. The maximum absolute atomic E-state index is 7.19. The highest BCUT2D eigenvalue weighted by Crippen LogP contribution is 2.63. The molecule has 3 heterocycles. The molecule has 0 saturated carbocycles. The van der Waals surface area contributed by atoms with E-state index in [-0.39, 0.29) is 0 Å². The smallest absolute Gasteiger partial charge is 0.164 e. The number of rotatable bonds is 4. The molecule has 0 amide bonds. The van der Waals surface area contributed by atoms with E-state index in [9.17, 15) is 0 Å². The van der Waals surface area contributed by atoms with E-state index in [1.54, 1.807) is 0 Å². The number of aromatic nitrogens is 4. The Morgan fingerprint density at radius 1 is 0.404 bits per heavy atom. The second-order valence-corrected chi connectivity index (χ2v) is 14.7. The SMILES string of the molecule is c1ccc(-c2nc(-c3ccccc3)nc(-c3cccc(-n4c5ccccc5c5ccc6c(c54)Oc4ccccc4C64c5ccccc5-c5ccccc54)c3)n2)cc1. The van der Waals surface area contributed by atoms with Gasteiger partial charge in [0.15, 0.2) is 23.2 Å². The molecule has 0 bridgehead atoms. The maximum Gasteiger partial charge on any atom is 0.164 e. The largest absolute Gasteiger partial charge is 0.454 e. The lowest BCUT2D eigenvalue weighted by atomic mass is 9.66. The zero-order chi connectivity index (χ0) is 37.5. The minimum absolute atomic E-state index is 0.568. The van der Waals surface area contributed by atoms with Crippen LogP contribution in [0.3, 0.4) is 0 Å². The van der Waals surface area contributed by atoms with Crippen LogP contribution in [0.15, 0.2) is 194 Å².